The molecule has 0 spiro atoms. The van der Waals surface area contributed by atoms with Gasteiger partial charge >= 0.3 is 0 Å². The van der Waals surface area contributed by atoms with E-state index in [-0.39, 0.29) is 0 Å². The van der Waals surface area contributed by atoms with Crippen molar-refractivity contribution in [1.82, 2.24) is 9.55 Å². The smallest absolute Gasteiger partial charge is 0.141 e. The molecule has 108 valence electrons. The summed E-state index contributed by atoms with van der Waals surface area (Å²) in [6.07, 6.45) is 0. The average Bonchev–Trinajstić information content (AvgIpc) is 2.80. The number of aromatic nitrogens is 2. The largest absolute Gasteiger partial charge is 0.398 e. The fourth-order valence-corrected chi connectivity index (χ4v) is 2.74. The molecule has 0 amide bonds. The van der Waals surface area contributed by atoms with E-state index in [1.807, 2.05) is 18.2 Å². The Balaban J connectivity index is 2.30. The predicted octanol–water partition coefficient (Wildman–Crippen LogP) is 4.83. The molecule has 4 heteroatoms. The van der Waals surface area contributed by atoms with Crippen LogP contribution in [0.3, 0.4) is 0 Å². The SMILES string of the molecule is Cc1ccc2c(c1)nc(-c1ccc(Cl)c(N)c1)n2C(C)C. The molecule has 1 heterocycles. The summed E-state index contributed by atoms with van der Waals surface area (Å²) in [4.78, 5) is 4.80. The molecule has 0 radical (unpaired) electrons. The van der Waals surface area contributed by atoms with Gasteiger partial charge in [0.15, 0.2) is 0 Å². The summed E-state index contributed by atoms with van der Waals surface area (Å²) in [5.74, 6) is 0.925. The summed E-state index contributed by atoms with van der Waals surface area (Å²) in [5, 5.41) is 0.571. The molecule has 0 aliphatic rings. The first-order valence-corrected chi connectivity index (χ1v) is 7.39. The Morgan fingerprint density at radius 3 is 2.57 bits per heavy atom. The summed E-state index contributed by atoms with van der Waals surface area (Å²) in [7, 11) is 0. The summed E-state index contributed by atoms with van der Waals surface area (Å²) in [6.45, 7) is 6.39. The van der Waals surface area contributed by atoms with E-state index in [4.69, 9.17) is 22.3 Å². The number of rotatable bonds is 2. The molecular formula is C17H18ClN3. The van der Waals surface area contributed by atoms with Gasteiger partial charge in [-0.05, 0) is 56.7 Å². The second-order valence-corrected chi connectivity index (χ2v) is 6.03. The number of hydrogen-bond donors (Lipinski definition) is 1. The second kappa shape index (κ2) is 5.08. The summed E-state index contributed by atoms with van der Waals surface area (Å²) in [5.41, 5.74) is 10.8. The maximum Gasteiger partial charge on any atom is 0.141 e. The minimum Gasteiger partial charge on any atom is -0.398 e. The molecule has 21 heavy (non-hydrogen) atoms. The van der Waals surface area contributed by atoms with Crippen molar-refractivity contribution in [3.05, 3.63) is 47.0 Å². The first-order valence-electron chi connectivity index (χ1n) is 7.01. The molecule has 1 aromatic heterocycles. The lowest BCUT2D eigenvalue weighted by molar-refractivity contribution is 0.624. The van der Waals surface area contributed by atoms with Crippen molar-refractivity contribution in [2.75, 3.05) is 5.73 Å². The van der Waals surface area contributed by atoms with Crippen molar-refractivity contribution in [2.24, 2.45) is 0 Å². The normalized spacial score (nSPS) is 11.5. The van der Waals surface area contributed by atoms with E-state index in [1.54, 1.807) is 0 Å². The molecule has 0 saturated heterocycles. The Kier molecular flexibility index (Phi) is 3.38. The minimum absolute atomic E-state index is 0.310. The molecule has 0 unspecified atom stereocenters. The number of hydrogen-bond acceptors (Lipinski definition) is 2. The quantitative estimate of drug-likeness (QED) is 0.689. The highest BCUT2D eigenvalue weighted by molar-refractivity contribution is 6.33. The van der Waals surface area contributed by atoms with Crippen LogP contribution in [0.25, 0.3) is 22.4 Å². The third-order valence-electron chi connectivity index (χ3n) is 3.62. The van der Waals surface area contributed by atoms with Gasteiger partial charge in [-0.25, -0.2) is 4.98 Å². The highest BCUT2D eigenvalue weighted by Gasteiger charge is 2.15. The summed E-state index contributed by atoms with van der Waals surface area (Å²) >= 11 is 6.02. The van der Waals surface area contributed by atoms with Crippen molar-refractivity contribution in [3.63, 3.8) is 0 Å². The lowest BCUT2D eigenvalue weighted by atomic mass is 10.2. The zero-order valence-electron chi connectivity index (χ0n) is 12.4. The van der Waals surface area contributed by atoms with E-state index in [9.17, 15) is 0 Å². The second-order valence-electron chi connectivity index (χ2n) is 5.63. The maximum atomic E-state index is 6.02. The Morgan fingerprint density at radius 1 is 1.14 bits per heavy atom. The van der Waals surface area contributed by atoms with E-state index in [0.717, 1.165) is 22.4 Å². The molecule has 0 aliphatic heterocycles. The molecular weight excluding hydrogens is 282 g/mol. The number of imidazole rings is 1. The van der Waals surface area contributed by atoms with Gasteiger partial charge in [0.05, 0.1) is 21.7 Å². The molecule has 3 nitrogen and oxygen atoms in total. The number of nitrogens with two attached hydrogens (primary N) is 1. The predicted molar refractivity (Wildman–Crippen MR) is 89.7 cm³/mol. The number of aryl methyl sites for hydroxylation is 1. The van der Waals surface area contributed by atoms with Crippen LogP contribution in [0.2, 0.25) is 5.02 Å². The van der Waals surface area contributed by atoms with Crippen molar-refractivity contribution in [1.29, 1.82) is 0 Å². The Morgan fingerprint density at radius 2 is 1.90 bits per heavy atom. The Hall–Kier alpha value is -2.00. The van der Waals surface area contributed by atoms with Crippen LogP contribution in [0.4, 0.5) is 5.69 Å². The van der Waals surface area contributed by atoms with E-state index in [2.05, 4.69) is 43.5 Å². The zero-order valence-corrected chi connectivity index (χ0v) is 13.1. The average molecular weight is 300 g/mol. The van der Waals surface area contributed by atoms with Crippen LogP contribution in [0.15, 0.2) is 36.4 Å². The lowest BCUT2D eigenvalue weighted by Crippen LogP contribution is -2.03. The topological polar surface area (TPSA) is 43.8 Å². The van der Waals surface area contributed by atoms with Crippen molar-refractivity contribution < 1.29 is 0 Å². The number of nitrogen functional groups attached to an aromatic ring is 1. The van der Waals surface area contributed by atoms with Gasteiger partial charge in [0, 0.05) is 11.6 Å². The summed E-state index contributed by atoms with van der Waals surface area (Å²) in [6, 6.07) is 12.3. The van der Waals surface area contributed by atoms with Gasteiger partial charge in [-0.15, -0.1) is 0 Å². The molecule has 2 aromatic carbocycles. The van der Waals surface area contributed by atoms with Gasteiger partial charge in [0.25, 0.3) is 0 Å². The van der Waals surface area contributed by atoms with Gasteiger partial charge in [-0.1, -0.05) is 17.7 Å². The van der Waals surface area contributed by atoms with Crippen LogP contribution in [0.1, 0.15) is 25.5 Å². The molecule has 0 aliphatic carbocycles. The molecule has 3 aromatic rings. The van der Waals surface area contributed by atoms with E-state index in [1.165, 1.54) is 5.56 Å². The van der Waals surface area contributed by atoms with E-state index in [0.29, 0.717) is 16.8 Å². The van der Waals surface area contributed by atoms with Crippen molar-refractivity contribution in [2.45, 2.75) is 26.8 Å². The third-order valence-corrected chi connectivity index (χ3v) is 3.96. The van der Waals surface area contributed by atoms with Crippen LogP contribution in [0.5, 0.6) is 0 Å². The molecule has 0 fully saturated rings. The Labute approximate surface area is 129 Å². The first-order chi connectivity index (χ1) is 9.97. The van der Waals surface area contributed by atoms with Crippen molar-refractivity contribution >= 4 is 28.3 Å². The zero-order chi connectivity index (χ0) is 15.1. The first kappa shape index (κ1) is 14.0. The number of anilines is 1. The number of nitrogens with zero attached hydrogens (tertiary/aromatic N) is 2. The fraction of sp³-hybridized carbons (Fsp3) is 0.235. The van der Waals surface area contributed by atoms with Crippen LogP contribution >= 0.6 is 11.6 Å². The van der Waals surface area contributed by atoms with Crippen LogP contribution in [-0.4, -0.2) is 9.55 Å². The fourth-order valence-electron chi connectivity index (χ4n) is 2.62. The maximum absolute atomic E-state index is 6.02. The van der Waals surface area contributed by atoms with Gasteiger partial charge in [-0.2, -0.15) is 0 Å². The number of benzene rings is 2. The van der Waals surface area contributed by atoms with Gasteiger partial charge in [-0.3, -0.25) is 0 Å². The monoisotopic (exact) mass is 299 g/mol. The molecule has 0 atom stereocenters. The molecule has 0 bridgehead atoms. The number of halogens is 1. The number of fused-ring (bicyclic) bond motifs is 1. The van der Waals surface area contributed by atoms with E-state index < -0.39 is 0 Å². The van der Waals surface area contributed by atoms with Crippen LogP contribution in [0, 0.1) is 6.92 Å². The lowest BCUT2D eigenvalue weighted by Gasteiger charge is -2.13. The molecule has 3 rings (SSSR count). The highest BCUT2D eigenvalue weighted by atomic mass is 35.5. The van der Waals surface area contributed by atoms with Crippen LogP contribution < -0.4 is 5.73 Å². The molecule has 2 N–H and O–H groups in total. The third kappa shape index (κ3) is 2.38. The van der Waals surface area contributed by atoms with E-state index >= 15 is 0 Å². The van der Waals surface area contributed by atoms with Crippen LogP contribution in [-0.2, 0) is 0 Å². The standard InChI is InChI=1S/C17H18ClN3/c1-10(2)21-16-7-4-11(3)8-15(16)20-17(21)12-5-6-13(18)14(19)9-12/h4-10H,19H2,1-3H3. The Bertz CT molecular complexity index is 818. The summed E-state index contributed by atoms with van der Waals surface area (Å²) < 4.78 is 2.23. The van der Waals surface area contributed by atoms with Crippen molar-refractivity contribution in [3.8, 4) is 11.4 Å². The van der Waals surface area contributed by atoms with Gasteiger partial charge in [0.1, 0.15) is 5.82 Å². The molecule has 0 saturated carbocycles. The minimum atomic E-state index is 0.310. The highest BCUT2D eigenvalue weighted by Crippen LogP contribution is 2.31. The van der Waals surface area contributed by atoms with Gasteiger partial charge < -0.3 is 10.3 Å². The van der Waals surface area contributed by atoms with Gasteiger partial charge in [0.2, 0.25) is 0 Å².